The van der Waals surface area contributed by atoms with Crippen molar-refractivity contribution in [1.29, 1.82) is 0 Å². The number of aryl methyl sites for hydroxylation is 1. The maximum Gasteiger partial charge on any atom is 0.230 e. The van der Waals surface area contributed by atoms with Crippen molar-refractivity contribution in [3.8, 4) is 0 Å². The Bertz CT molecular complexity index is 972. The molecule has 1 saturated heterocycles. The van der Waals surface area contributed by atoms with Gasteiger partial charge in [0.2, 0.25) is 11.9 Å². The predicted molar refractivity (Wildman–Crippen MR) is 108 cm³/mol. The first-order valence-electron chi connectivity index (χ1n) is 9.93. The van der Waals surface area contributed by atoms with E-state index in [1.54, 1.807) is 6.33 Å². The smallest absolute Gasteiger partial charge is 0.230 e. The number of nitrogens with one attached hydrogen (secondary N) is 1. The Morgan fingerprint density at radius 2 is 1.90 bits per heavy atom. The molecular weight excluding hydrogens is 389 g/mol. The highest BCUT2D eigenvalue weighted by atomic mass is 19.1. The third-order valence-corrected chi connectivity index (χ3v) is 4.73. The molecule has 3 aromatic heterocycles. The second-order valence-corrected chi connectivity index (χ2v) is 6.97. The van der Waals surface area contributed by atoms with Gasteiger partial charge < -0.3 is 19.5 Å². The molecule has 0 aromatic carbocycles. The number of aromatic nitrogens is 7. The molecule has 1 atom stereocenters. The largest absolute Gasteiger partial charge is 0.378 e. The Kier molecular flexibility index (Phi) is 6.07. The van der Waals surface area contributed by atoms with Crippen molar-refractivity contribution in [3.63, 3.8) is 0 Å². The fourth-order valence-electron chi connectivity index (χ4n) is 3.09. The highest BCUT2D eigenvalue weighted by Gasteiger charge is 2.19. The molecule has 11 heteroatoms. The summed E-state index contributed by atoms with van der Waals surface area (Å²) >= 11 is 0. The van der Waals surface area contributed by atoms with E-state index in [2.05, 4.69) is 47.0 Å². The van der Waals surface area contributed by atoms with E-state index >= 15 is 0 Å². The van der Waals surface area contributed by atoms with Gasteiger partial charge in [0.15, 0.2) is 5.82 Å². The highest BCUT2D eigenvalue weighted by Crippen LogP contribution is 2.18. The van der Waals surface area contributed by atoms with Crippen molar-refractivity contribution in [2.75, 3.05) is 36.5 Å². The van der Waals surface area contributed by atoms with Crippen molar-refractivity contribution >= 4 is 11.9 Å². The van der Waals surface area contributed by atoms with E-state index in [0.29, 0.717) is 56.3 Å². The lowest BCUT2D eigenvalue weighted by molar-refractivity contribution is 0.122. The Hall–Kier alpha value is -3.21. The Morgan fingerprint density at radius 1 is 1.13 bits per heavy atom. The van der Waals surface area contributed by atoms with Crippen LogP contribution in [0.1, 0.15) is 37.2 Å². The van der Waals surface area contributed by atoms with Gasteiger partial charge in [-0.25, -0.2) is 19.3 Å². The fourth-order valence-corrected chi connectivity index (χ4v) is 3.09. The molecule has 0 bridgehead atoms. The van der Waals surface area contributed by atoms with Crippen LogP contribution in [0, 0.1) is 5.82 Å². The number of ether oxygens (including phenoxy) is 1. The zero-order valence-electron chi connectivity index (χ0n) is 17.0. The second-order valence-electron chi connectivity index (χ2n) is 6.97. The molecule has 0 unspecified atom stereocenters. The molecule has 30 heavy (non-hydrogen) atoms. The number of hydrogen-bond acceptors (Lipinski definition) is 9. The number of rotatable bonds is 7. The van der Waals surface area contributed by atoms with Gasteiger partial charge >= 0.3 is 0 Å². The first-order chi connectivity index (χ1) is 14.6. The average molecular weight is 413 g/mol. The van der Waals surface area contributed by atoms with Crippen LogP contribution in [0.4, 0.5) is 16.3 Å². The lowest BCUT2D eigenvalue weighted by Crippen LogP contribution is -2.37. The van der Waals surface area contributed by atoms with Crippen LogP contribution in [0.3, 0.4) is 0 Å². The van der Waals surface area contributed by atoms with Crippen molar-refractivity contribution in [2.45, 2.75) is 32.9 Å². The minimum Gasteiger partial charge on any atom is -0.378 e. The molecule has 0 spiro atoms. The lowest BCUT2D eigenvalue weighted by Gasteiger charge is -2.27. The molecule has 4 heterocycles. The topological polar surface area (TPSA) is 107 Å². The van der Waals surface area contributed by atoms with Gasteiger partial charge in [-0.3, -0.25) is 0 Å². The summed E-state index contributed by atoms with van der Waals surface area (Å²) in [6.45, 7) is 7.47. The van der Waals surface area contributed by atoms with Gasteiger partial charge in [-0.1, -0.05) is 0 Å². The molecule has 1 aliphatic heterocycles. The molecular formula is C19H24FN9O. The average Bonchev–Trinajstić information content (AvgIpc) is 3.22. The van der Waals surface area contributed by atoms with E-state index in [1.807, 2.05) is 17.7 Å². The fraction of sp³-hybridized carbons (Fsp3) is 0.474. The molecule has 3 aromatic rings. The zero-order valence-corrected chi connectivity index (χ0v) is 17.0. The van der Waals surface area contributed by atoms with Gasteiger partial charge in [0.1, 0.15) is 11.6 Å². The van der Waals surface area contributed by atoms with Crippen LogP contribution in [-0.4, -0.2) is 60.8 Å². The summed E-state index contributed by atoms with van der Waals surface area (Å²) in [5, 5.41) is 3.21. The van der Waals surface area contributed by atoms with E-state index in [-0.39, 0.29) is 6.04 Å². The van der Waals surface area contributed by atoms with E-state index in [1.165, 1.54) is 0 Å². The van der Waals surface area contributed by atoms with E-state index < -0.39 is 5.82 Å². The van der Waals surface area contributed by atoms with E-state index in [0.717, 1.165) is 24.6 Å². The van der Waals surface area contributed by atoms with Gasteiger partial charge in [0.25, 0.3) is 0 Å². The first-order valence-corrected chi connectivity index (χ1v) is 9.93. The standard InChI is InChI=1S/C19H24FN9O/c1-3-28-11-15(23-12-28)8-16-25-18(24-13(2)17-21-9-14(20)10-22-17)27-19(26-16)29-4-6-30-7-5-29/h9-13H,3-8H2,1-2H3,(H,24,25,26,27)/t13-/m0/s1. The molecule has 0 amide bonds. The predicted octanol–water partition coefficient (Wildman–Crippen LogP) is 1.62. The molecule has 0 radical (unpaired) electrons. The van der Waals surface area contributed by atoms with Crippen molar-refractivity contribution in [2.24, 2.45) is 0 Å². The summed E-state index contributed by atoms with van der Waals surface area (Å²) in [7, 11) is 0. The van der Waals surface area contributed by atoms with Crippen molar-refractivity contribution in [3.05, 3.63) is 48.1 Å². The molecule has 158 valence electrons. The maximum atomic E-state index is 13.1. The molecule has 0 saturated carbocycles. The monoisotopic (exact) mass is 413 g/mol. The minimum atomic E-state index is -0.477. The first kappa shape index (κ1) is 20.1. The molecule has 4 rings (SSSR count). The summed E-state index contributed by atoms with van der Waals surface area (Å²) in [6, 6.07) is -0.308. The minimum absolute atomic E-state index is 0.308. The third kappa shape index (κ3) is 4.85. The SMILES string of the molecule is CCn1cnc(Cc2nc(N[C@@H](C)c3ncc(F)cn3)nc(N3CCOCC3)n2)c1. The Morgan fingerprint density at radius 3 is 2.60 bits per heavy atom. The van der Waals surface area contributed by atoms with Gasteiger partial charge in [0, 0.05) is 25.8 Å². The summed E-state index contributed by atoms with van der Waals surface area (Å²) in [6.07, 6.45) is 6.56. The summed E-state index contributed by atoms with van der Waals surface area (Å²) in [4.78, 5) is 28.4. The number of halogens is 1. The van der Waals surface area contributed by atoms with Crippen LogP contribution >= 0.6 is 0 Å². The molecule has 10 nitrogen and oxygen atoms in total. The maximum absolute atomic E-state index is 13.1. The number of hydrogen-bond donors (Lipinski definition) is 1. The van der Waals surface area contributed by atoms with Crippen LogP contribution in [0.15, 0.2) is 24.9 Å². The number of imidazole rings is 1. The molecule has 1 fully saturated rings. The zero-order chi connectivity index (χ0) is 20.9. The van der Waals surface area contributed by atoms with Gasteiger partial charge in [-0.15, -0.1) is 0 Å². The van der Waals surface area contributed by atoms with E-state index in [9.17, 15) is 4.39 Å². The van der Waals surface area contributed by atoms with E-state index in [4.69, 9.17) is 4.74 Å². The van der Waals surface area contributed by atoms with Crippen LogP contribution in [0.2, 0.25) is 0 Å². The van der Waals surface area contributed by atoms with Crippen LogP contribution in [0.25, 0.3) is 0 Å². The quantitative estimate of drug-likeness (QED) is 0.618. The normalized spacial score (nSPS) is 15.2. The van der Waals surface area contributed by atoms with Gasteiger partial charge in [-0.2, -0.15) is 15.0 Å². The summed E-state index contributed by atoms with van der Waals surface area (Å²) in [5.74, 6) is 1.59. The van der Waals surface area contributed by atoms with Gasteiger partial charge in [-0.05, 0) is 13.8 Å². The van der Waals surface area contributed by atoms with Crippen molar-refractivity contribution < 1.29 is 9.13 Å². The third-order valence-electron chi connectivity index (χ3n) is 4.73. The van der Waals surface area contributed by atoms with Crippen LogP contribution in [0.5, 0.6) is 0 Å². The molecule has 1 aliphatic rings. The lowest BCUT2D eigenvalue weighted by atomic mass is 10.3. The van der Waals surface area contributed by atoms with Crippen molar-refractivity contribution in [1.82, 2.24) is 34.5 Å². The number of morpholine rings is 1. The molecule has 1 N–H and O–H groups in total. The number of nitrogens with zero attached hydrogens (tertiary/aromatic N) is 8. The highest BCUT2D eigenvalue weighted by molar-refractivity contribution is 5.39. The van der Waals surface area contributed by atoms with Crippen LogP contribution in [-0.2, 0) is 17.7 Å². The second kappa shape index (κ2) is 9.08. The molecule has 0 aliphatic carbocycles. The van der Waals surface area contributed by atoms with Gasteiger partial charge in [0.05, 0.1) is 50.1 Å². The Balaban J connectivity index is 1.59. The summed E-state index contributed by atoms with van der Waals surface area (Å²) < 4.78 is 20.6. The van der Waals surface area contributed by atoms with Crippen LogP contribution < -0.4 is 10.2 Å². The number of anilines is 2. The summed E-state index contributed by atoms with van der Waals surface area (Å²) in [5.41, 5.74) is 0.886. The Labute approximate surface area is 173 Å².